The van der Waals surface area contributed by atoms with Crippen LogP contribution >= 0.6 is 0 Å². The Hall–Kier alpha value is -1.76. The van der Waals surface area contributed by atoms with Crippen LogP contribution < -0.4 is 10.1 Å². The maximum Gasteiger partial charge on any atom is 0.417 e. The molecule has 0 saturated heterocycles. The number of methoxy groups -OCH3 is 1. The molecule has 0 aliphatic rings. The maximum atomic E-state index is 12.5. The molecule has 0 aliphatic carbocycles. The topological polar surface area (TPSA) is 58.6 Å². The van der Waals surface area contributed by atoms with Crippen molar-refractivity contribution in [2.75, 3.05) is 12.4 Å². The van der Waals surface area contributed by atoms with Gasteiger partial charge in [-0.15, -0.1) is 0 Å². The average molecular weight is 291 g/mol. The summed E-state index contributed by atoms with van der Waals surface area (Å²) in [5.41, 5.74) is -2.01. The zero-order chi connectivity index (χ0) is 15.6. The highest BCUT2D eigenvalue weighted by Crippen LogP contribution is 2.33. The highest BCUT2D eigenvalue weighted by atomic mass is 19.4. The number of anilines is 1. The molecular weight excluding hydrogens is 275 g/mol. The Morgan fingerprint density at radius 3 is 2.50 bits per heavy atom. The quantitative estimate of drug-likeness (QED) is 0.896. The fraction of sp³-hybridized carbons (Fsp3) is 0.462. The SMILES string of the molecule is COc1ccc(C)cc1NC(=O)C[C@](C)(O)C(F)(F)F. The summed E-state index contributed by atoms with van der Waals surface area (Å²) in [6, 6.07) is 4.90. The van der Waals surface area contributed by atoms with Crippen LogP contribution in [0.5, 0.6) is 5.75 Å². The summed E-state index contributed by atoms with van der Waals surface area (Å²) in [6.07, 6.45) is -5.96. The van der Waals surface area contributed by atoms with Crippen molar-refractivity contribution in [2.45, 2.75) is 32.0 Å². The third kappa shape index (κ3) is 3.86. The second-order valence-electron chi connectivity index (χ2n) is 4.70. The van der Waals surface area contributed by atoms with Crippen molar-refractivity contribution in [2.24, 2.45) is 0 Å². The Bertz CT molecular complexity index is 498. The number of alkyl halides is 3. The van der Waals surface area contributed by atoms with Gasteiger partial charge in [-0.2, -0.15) is 13.2 Å². The molecule has 1 aromatic rings. The van der Waals surface area contributed by atoms with E-state index in [-0.39, 0.29) is 5.69 Å². The molecule has 2 N–H and O–H groups in total. The monoisotopic (exact) mass is 291 g/mol. The van der Waals surface area contributed by atoms with Gasteiger partial charge in [0.1, 0.15) is 5.75 Å². The first-order chi connectivity index (χ1) is 9.06. The zero-order valence-electron chi connectivity index (χ0n) is 11.3. The number of carbonyl (C=O) groups excluding carboxylic acids is 1. The van der Waals surface area contributed by atoms with E-state index in [4.69, 9.17) is 4.74 Å². The second kappa shape index (κ2) is 5.70. The lowest BCUT2D eigenvalue weighted by Gasteiger charge is -2.25. The molecule has 112 valence electrons. The van der Waals surface area contributed by atoms with Crippen molar-refractivity contribution < 1.29 is 27.8 Å². The normalized spacial score (nSPS) is 14.6. The van der Waals surface area contributed by atoms with E-state index in [9.17, 15) is 23.1 Å². The van der Waals surface area contributed by atoms with E-state index in [1.54, 1.807) is 25.1 Å². The molecule has 1 atom stereocenters. The van der Waals surface area contributed by atoms with Crippen LogP contribution in [0.4, 0.5) is 18.9 Å². The fourth-order valence-corrected chi connectivity index (χ4v) is 1.53. The molecule has 0 saturated carbocycles. The van der Waals surface area contributed by atoms with Crippen LogP contribution in [0.3, 0.4) is 0 Å². The minimum absolute atomic E-state index is 0.260. The van der Waals surface area contributed by atoms with Crippen molar-refractivity contribution >= 4 is 11.6 Å². The molecule has 1 amide bonds. The lowest BCUT2D eigenvalue weighted by molar-refractivity contribution is -0.252. The summed E-state index contributed by atoms with van der Waals surface area (Å²) in [7, 11) is 1.38. The van der Waals surface area contributed by atoms with Crippen LogP contribution in [-0.2, 0) is 4.79 Å². The van der Waals surface area contributed by atoms with E-state index in [0.29, 0.717) is 12.7 Å². The average Bonchev–Trinajstić information content (AvgIpc) is 2.26. The zero-order valence-corrected chi connectivity index (χ0v) is 11.3. The fourth-order valence-electron chi connectivity index (χ4n) is 1.53. The molecule has 0 aliphatic heterocycles. The first-order valence-corrected chi connectivity index (χ1v) is 5.80. The van der Waals surface area contributed by atoms with Crippen molar-refractivity contribution in [3.8, 4) is 5.75 Å². The van der Waals surface area contributed by atoms with Gasteiger partial charge in [-0.3, -0.25) is 4.79 Å². The maximum absolute atomic E-state index is 12.5. The predicted molar refractivity (Wildman–Crippen MR) is 67.7 cm³/mol. The molecule has 20 heavy (non-hydrogen) atoms. The highest BCUT2D eigenvalue weighted by molar-refractivity contribution is 5.93. The standard InChI is InChI=1S/C13H16F3NO3/c1-8-4-5-10(20-3)9(6-8)17-11(18)7-12(2,19)13(14,15)16/h4-6,19H,7H2,1-3H3,(H,17,18)/t12-/m0/s1. The van der Waals surface area contributed by atoms with E-state index in [0.717, 1.165) is 5.56 Å². The molecule has 7 heteroatoms. The van der Waals surface area contributed by atoms with Crippen LogP contribution in [0.1, 0.15) is 18.9 Å². The minimum Gasteiger partial charge on any atom is -0.495 e. The summed E-state index contributed by atoms with van der Waals surface area (Å²) in [6.45, 7) is 2.32. The lowest BCUT2D eigenvalue weighted by Crippen LogP contribution is -2.44. The predicted octanol–water partition coefficient (Wildman–Crippen LogP) is 2.65. The third-order valence-corrected chi connectivity index (χ3v) is 2.74. The van der Waals surface area contributed by atoms with Crippen LogP contribution in [-0.4, -0.2) is 29.9 Å². The van der Waals surface area contributed by atoms with E-state index >= 15 is 0 Å². The summed E-state index contributed by atoms with van der Waals surface area (Å²) in [4.78, 5) is 11.6. The molecule has 4 nitrogen and oxygen atoms in total. The molecule has 1 rings (SSSR count). The van der Waals surface area contributed by atoms with Crippen molar-refractivity contribution in [1.82, 2.24) is 0 Å². The number of aliphatic hydroxyl groups is 1. The number of carbonyl (C=O) groups is 1. The molecule has 0 aromatic heterocycles. The van der Waals surface area contributed by atoms with Crippen LogP contribution in [0.25, 0.3) is 0 Å². The highest BCUT2D eigenvalue weighted by Gasteiger charge is 2.51. The number of ether oxygens (including phenoxy) is 1. The number of benzene rings is 1. The molecule has 0 radical (unpaired) electrons. The summed E-state index contributed by atoms with van der Waals surface area (Å²) >= 11 is 0. The van der Waals surface area contributed by atoms with Gasteiger partial charge < -0.3 is 15.2 Å². The van der Waals surface area contributed by atoms with E-state index in [1.807, 2.05) is 0 Å². The van der Waals surface area contributed by atoms with Gasteiger partial charge in [0, 0.05) is 0 Å². The number of hydrogen-bond acceptors (Lipinski definition) is 3. The van der Waals surface area contributed by atoms with Crippen molar-refractivity contribution in [1.29, 1.82) is 0 Å². The number of hydrogen-bond donors (Lipinski definition) is 2. The minimum atomic E-state index is -4.87. The lowest BCUT2D eigenvalue weighted by atomic mass is 10.0. The number of rotatable bonds is 4. The Morgan fingerprint density at radius 2 is 2.00 bits per heavy atom. The molecule has 0 unspecified atom stereocenters. The molecule has 1 aromatic carbocycles. The second-order valence-corrected chi connectivity index (χ2v) is 4.70. The van der Waals surface area contributed by atoms with Crippen LogP contribution in [0, 0.1) is 6.92 Å². The first kappa shape index (κ1) is 16.3. The van der Waals surface area contributed by atoms with Gasteiger partial charge >= 0.3 is 6.18 Å². The number of aryl methyl sites for hydroxylation is 1. The van der Waals surface area contributed by atoms with Gasteiger partial charge in [-0.25, -0.2) is 0 Å². The van der Waals surface area contributed by atoms with E-state index in [2.05, 4.69) is 5.32 Å². The number of halogens is 3. The molecule has 0 spiro atoms. The number of nitrogens with one attached hydrogen (secondary N) is 1. The van der Waals surface area contributed by atoms with Gasteiger partial charge in [0.2, 0.25) is 5.91 Å². The summed E-state index contributed by atoms with van der Waals surface area (Å²) in [5, 5.41) is 11.6. The van der Waals surface area contributed by atoms with Crippen LogP contribution in [0.15, 0.2) is 18.2 Å². The van der Waals surface area contributed by atoms with Crippen LogP contribution in [0.2, 0.25) is 0 Å². The van der Waals surface area contributed by atoms with Gasteiger partial charge in [0.05, 0.1) is 19.2 Å². The molecule has 0 fully saturated rings. The van der Waals surface area contributed by atoms with Crippen molar-refractivity contribution in [3.63, 3.8) is 0 Å². The van der Waals surface area contributed by atoms with E-state index in [1.165, 1.54) is 7.11 Å². The largest absolute Gasteiger partial charge is 0.495 e. The number of amides is 1. The third-order valence-electron chi connectivity index (χ3n) is 2.74. The van der Waals surface area contributed by atoms with Crippen molar-refractivity contribution in [3.05, 3.63) is 23.8 Å². The molecule has 0 heterocycles. The summed E-state index contributed by atoms with van der Waals surface area (Å²) in [5.74, 6) is -0.619. The Morgan fingerprint density at radius 1 is 1.40 bits per heavy atom. The summed E-state index contributed by atoms with van der Waals surface area (Å²) < 4.78 is 42.5. The Balaban J connectivity index is 2.84. The first-order valence-electron chi connectivity index (χ1n) is 5.80. The van der Waals surface area contributed by atoms with Gasteiger partial charge in [-0.05, 0) is 31.5 Å². The molecular formula is C13H16F3NO3. The van der Waals surface area contributed by atoms with E-state index < -0.39 is 24.1 Å². The van der Waals surface area contributed by atoms with Gasteiger partial charge in [0.15, 0.2) is 5.60 Å². The Labute approximate surface area is 114 Å². The molecule has 0 bridgehead atoms. The Kier molecular flexibility index (Phi) is 4.65. The smallest absolute Gasteiger partial charge is 0.417 e. The van der Waals surface area contributed by atoms with Gasteiger partial charge in [0.25, 0.3) is 0 Å². The van der Waals surface area contributed by atoms with Gasteiger partial charge in [-0.1, -0.05) is 6.07 Å².